The number of benzene rings is 2. The van der Waals surface area contributed by atoms with Gasteiger partial charge in [-0.05, 0) is 37.0 Å². The van der Waals surface area contributed by atoms with E-state index in [1.54, 1.807) is 31.2 Å². The summed E-state index contributed by atoms with van der Waals surface area (Å²) in [6, 6.07) is 12.9. The van der Waals surface area contributed by atoms with Gasteiger partial charge in [0.05, 0.1) is 0 Å². The Morgan fingerprint density at radius 2 is 1.66 bits per heavy atom. The Balaban J connectivity index is 2.16. The summed E-state index contributed by atoms with van der Waals surface area (Å²) in [4.78, 5) is 27.0. The molecule has 0 bridgehead atoms. The van der Waals surface area contributed by atoms with Crippen LogP contribution in [0.5, 0.6) is 0 Å². The predicted molar refractivity (Wildman–Crippen MR) is 114 cm³/mol. The highest BCUT2D eigenvalue weighted by Crippen LogP contribution is 2.19. The Morgan fingerprint density at radius 1 is 1.03 bits per heavy atom. The molecule has 0 spiro atoms. The van der Waals surface area contributed by atoms with Crippen molar-refractivity contribution in [2.75, 3.05) is 6.54 Å². The number of carbonyl (C=O) groups is 2. The molecule has 0 fully saturated rings. The number of halogens is 2. The molecule has 2 amide bonds. The van der Waals surface area contributed by atoms with Crippen molar-refractivity contribution in [3.8, 4) is 0 Å². The van der Waals surface area contributed by atoms with Gasteiger partial charge in [-0.25, -0.2) is 4.39 Å². The van der Waals surface area contributed by atoms with Crippen LogP contribution in [-0.2, 0) is 22.6 Å². The lowest BCUT2D eigenvalue weighted by Crippen LogP contribution is -2.48. The van der Waals surface area contributed by atoms with Crippen LogP contribution in [0.3, 0.4) is 0 Å². The fourth-order valence-electron chi connectivity index (χ4n) is 2.93. The lowest BCUT2D eigenvalue weighted by Gasteiger charge is -2.29. The Labute approximate surface area is 177 Å². The highest BCUT2D eigenvalue weighted by Gasteiger charge is 2.26. The van der Waals surface area contributed by atoms with Gasteiger partial charge >= 0.3 is 0 Å². The molecule has 0 heterocycles. The number of carbonyl (C=O) groups excluding carboxylic acids is 2. The van der Waals surface area contributed by atoms with Gasteiger partial charge < -0.3 is 10.2 Å². The van der Waals surface area contributed by atoms with Crippen molar-refractivity contribution < 1.29 is 14.0 Å². The number of aryl methyl sites for hydroxylation is 1. The summed E-state index contributed by atoms with van der Waals surface area (Å²) in [6.07, 6.45) is 0.632. The number of nitrogens with one attached hydrogen (secondary N) is 1. The predicted octanol–water partition coefficient (Wildman–Crippen LogP) is 4.60. The minimum Gasteiger partial charge on any atom is -0.354 e. The molecule has 0 unspecified atom stereocenters. The molecule has 0 aliphatic heterocycles. The lowest BCUT2D eigenvalue weighted by atomic mass is 10.1. The quantitative estimate of drug-likeness (QED) is 0.646. The van der Waals surface area contributed by atoms with E-state index in [0.717, 1.165) is 5.56 Å². The number of rotatable bonds is 9. The second-order valence-corrected chi connectivity index (χ2v) is 7.93. The largest absolute Gasteiger partial charge is 0.354 e. The molecular formula is C23H28ClFN2O2. The van der Waals surface area contributed by atoms with Crippen LogP contribution in [0.4, 0.5) is 4.39 Å². The van der Waals surface area contributed by atoms with Gasteiger partial charge in [0.15, 0.2) is 0 Å². The van der Waals surface area contributed by atoms with E-state index in [9.17, 15) is 14.0 Å². The molecule has 0 aliphatic rings. The average Bonchev–Trinajstić information content (AvgIpc) is 2.70. The number of hydrogen-bond donors (Lipinski definition) is 1. The van der Waals surface area contributed by atoms with Crippen LogP contribution in [-0.4, -0.2) is 29.3 Å². The SMILES string of the molecule is CC(C)CNC(=O)[C@@H](C)N(Cc1ccccc1F)C(=O)CCc1ccccc1Cl. The van der Waals surface area contributed by atoms with Gasteiger partial charge in [0.1, 0.15) is 11.9 Å². The fourth-order valence-corrected chi connectivity index (χ4v) is 3.16. The molecule has 156 valence electrons. The molecule has 2 rings (SSSR count). The van der Waals surface area contributed by atoms with Crippen molar-refractivity contribution in [2.24, 2.45) is 5.92 Å². The maximum absolute atomic E-state index is 14.2. The van der Waals surface area contributed by atoms with E-state index in [4.69, 9.17) is 11.6 Å². The molecule has 6 heteroatoms. The van der Waals surface area contributed by atoms with Gasteiger partial charge in [0.25, 0.3) is 0 Å². The van der Waals surface area contributed by atoms with Crippen LogP contribution in [0.25, 0.3) is 0 Å². The molecule has 1 atom stereocenters. The highest BCUT2D eigenvalue weighted by molar-refractivity contribution is 6.31. The van der Waals surface area contributed by atoms with E-state index >= 15 is 0 Å². The monoisotopic (exact) mass is 418 g/mol. The molecule has 0 saturated heterocycles. The van der Waals surface area contributed by atoms with Gasteiger partial charge in [-0.15, -0.1) is 0 Å². The van der Waals surface area contributed by atoms with Crippen LogP contribution < -0.4 is 5.32 Å². The van der Waals surface area contributed by atoms with Gasteiger partial charge in [0.2, 0.25) is 11.8 Å². The third-order valence-electron chi connectivity index (χ3n) is 4.72. The first-order chi connectivity index (χ1) is 13.8. The van der Waals surface area contributed by atoms with Gasteiger partial charge in [0, 0.05) is 30.1 Å². The second kappa shape index (κ2) is 11.0. The topological polar surface area (TPSA) is 49.4 Å². The summed E-state index contributed by atoms with van der Waals surface area (Å²) in [6.45, 7) is 6.21. The minimum atomic E-state index is -0.716. The molecule has 29 heavy (non-hydrogen) atoms. The summed E-state index contributed by atoms with van der Waals surface area (Å²) in [5, 5.41) is 3.45. The van der Waals surface area contributed by atoms with Gasteiger partial charge in [-0.3, -0.25) is 9.59 Å². The fraction of sp³-hybridized carbons (Fsp3) is 0.391. The molecular weight excluding hydrogens is 391 g/mol. The number of nitrogens with zero attached hydrogens (tertiary/aromatic N) is 1. The van der Waals surface area contributed by atoms with E-state index < -0.39 is 11.9 Å². The van der Waals surface area contributed by atoms with Crippen LogP contribution in [0.2, 0.25) is 5.02 Å². The lowest BCUT2D eigenvalue weighted by molar-refractivity contribution is -0.140. The Morgan fingerprint density at radius 3 is 2.28 bits per heavy atom. The third kappa shape index (κ3) is 6.86. The third-order valence-corrected chi connectivity index (χ3v) is 5.09. The Bertz CT molecular complexity index is 841. The molecule has 0 aliphatic carbocycles. The smallest absolute Gasteiger partial charge is 0.242 e. The zero-order valence-electron chi connectivity index (χ0n) is 17.1. The van der Waals surface area contributed by atoms with Crippen LogP contribution >= 0.6 is 11.6 Å². The minimum absolute atomic E-state index is 0.0320. The van der Waals surface area contributed by atoms with Crippen molar-refractivity contribution in [2.45, 2.75) is 46.2 Å². The summed E-state index contributed by atoms with van der Waals surface area (Å²) in [7, 11) is 0. The normalized spacial score (nSPS) is 11.9. The zero-order valence-corrected chi connectivity index (χ0v) is 17.9. The molecule has 4 nitrogen and oxygen atoms in total. The van der Waals surface area contributed by atoms with E-state index in [2.05, 4.69) is 5.32 Å². The van der Waals surface area contributed by atoms with Crippen LogP contribution in [0.1, 0.15) is 38.3 Å². The van der Waals surface area contributed by atoms with Crippen molar-refractivity contribution in [3.63, 3.8) is 0 Å². The number of hydrogen-bond acceptors (Lipinski definition) is 2. The molecule has 2 aromatic rings. The van der Waals surface area contributed by atoms with Crippen molar-refractivity contribution in [3.05, 3.63) is 70.5 Å². The van der Waals surface area contributed by atoms with E-state index in [-0.39, 0.29) is 24.8 Å². The van der Waals surface area contributed by atoms with Crippen LogP contribution in [0, 0.1) is 11.7 Å². The van der Waals surface area contributed by atoms with E-state index in [1.807, 2.05) is 32.0 Å². The molecule has 0 saturated carbocycles. The number of amides is 2. The first-order valence-corrected chi connectivity index (χ1v) is 10.2. The van der Waals surface area contributed by atoms with E-state index in [0.29, 0.717) is 29.5 Å². The zero-order chi connectivity index (χ0) is 21.4. The molecule has 0 radical (unpaired) electrons. The summed E-state index contributed by atoms with van der Waals surface area (Å²) >= 11 is 6.18. The van der Waals surface area contributed by atoms with Crippen molar-refractivity contribution in [1.82, 2.24) is 10.2 Å². The van der Waals surface area contributed by atoms with Crippen molar-refractivity contribution in [1.29, 1.82) is 0 Å². The molecule has 0 aromatic heterocycles. The van der Waals surface area contributed by atoms with E-state index in [1.165, 1.54) is 11.0 Å². The highest BCUT2D eigenvalue weighted by atomic mass is 35.5. The summed E-state index contributed by atoms with van der Waals surface area (Å²) < 4.78 is 14.2. The molecule has 2 aromatic carbocycles. The maximum Gasteiger partial charge on any atom is 0.242 e. The Kier molecular flexibility index (Phi) is 8.65. The molecule has 1 N–H and O–H groups in total. The van der Waals surface area contributed by atoms with Gasteiger partial charge in [-0.2, -0.15) is 0 Å². The first kappa shape index (κ1) is 22.9. The second-order valence-electron chi connectivity index (χ2n) is 7.52. The standard InChI is InChI=1S/C23H28ClFN2O2/c1-16(2)14-26-23(29)17(3)27(15-19-9-5-7-11-21(19)25)22(28)13-12-18-8-4-6-10-20(18)24/h4-11,16-17H,12-15H2,1-3H3,(H,26,29)/t17-/m1/s1. The Hall–Kier alpha value is -2.40. The summed E-state index contributed by atoms with van der Waals surface area (Å²) in [5.41, 5.74) is 1.24. The first-order valence-electron chi connectivity index (χ1n) is 9.83. The van der Waals surface area contributed by atoms with Crippen molar-refractivity contribution >= 4 is 23.4 Å². The maximum atomic E-state index is 14.2. The van der Waals surface area contributed by atoms with Crippen LogP contribution in [0.15, 0.2) is 48.5 Å². The average molecular weight is 419 g/mol. The summed E-state index contributed by atoms with van der Waals surface area (Å²) in [5.74, 6) is -0.574. The van der Waals surface area contributed by atoms with Gasteiger partial charge in [-0.1, -0.05) is 61.8 Å².